The molecule has 0 aromatic carbocycles. The van der Waals surface area contributed by atoms with Gasteiger partial charge in [-0.05, 0) is 44.4 Å². The standard InChI is InChI=1S/C41H76O14P2/c1-4-6-22-28-37(42)29-24-19-15-11-9-13-16-20-25-30-40(44)51-34-39(35-54-57(49,50)53-33-38(43)32-52-56(46,47)48)55-41(45)31-26-21-17-12-8-7-10-14-18-23-27-36(3)5-2/h6,15,19,22,24,29,36-39,42-43H,4-5,7-14,16-18,20-21,23,25-28,30-35H2,1-3H3,(H,49,50)(H2,46,47,48)/b19-15+,22-6+,29-24+/t36?,37?,38-,39+/m0/s1. The number of ether oxygens (including phenoxy) is 2. The van der Waals surface area contributed by atoms with Gasteiger partial charge in [0.2, 0.25) is 0 Å². The number of allylic oxidation sites excluding steroid dienone is 4. The SMILES string of the molecule is CC/C=C/CC(O)/C=C/C=C/CCCCCCCC(=O)OC[C@H](COP(=O)(O)OC[C@@H](O)COP(=O)(O)O)OC(=O)CCCCCCCCCCCCC(C)CC. The second-order valence-corrected chi connectivity index (χ2v) is 17.4. The number of aliphatic hydroxyl groups excluding tert-OH is 2. The molecule has 0 saturated carbocycles. The maximum atomic E-state index is 12.6. The number of phosphoric acid groups is 2. The van der Waals surface area contributed by atoms with Crippen LogP contribution in [-0.2, 0) is 41.8 Å². The second kappa shape index (κ2) is 36.2. The van der Waals surface area contributed by atoms with Gasteiger partial charge < -0.3 is 34.4 Å². The van der Waals surface area contributed by atoms with Crippen molar-refractivity contribution in [1.82, 2.24) is 0 Å². The lowest BCUT2D eigenvalue weighted by Gasteiger charge is -2.20. The first kappa shape index (κ1) is 55.3. The summed E-state index contributed by atoms with van der Waals surface area (Å²) in [4.78, 5) is 52.6. The van der Waals surface area contributed by atoms with Gasteiger partial charge in [0.1, 0.15) is 12.7 Å². The van der Waals surface area contributed by atoms with Gasteiger partial charge in [0.15, 0.2) is 6.10 Å². The number of unbranched alkanes of at least 4 members (excludes halogenated alkanes) is 14. The molecule has 0 amide bonds. The number of esters is 2. The van der Waals surface area contributed by atoms with Crippen molar-refractivity contribution in [2.75, 3.05) is 26.4 Å². The smallest absolute Gasteiger partial charge is 0.462 e. The molecule has 0 aliphatic heterocycles. The molecular weight excluding hydrogens is 778 g/mol. The Bertz CT molecular complexity index is 1190. The quantitative estimate of drug-likeness (QED) is 0.0128. The van der Waals surface area contributed by atoms with Crippen LogP contribution in [0.15, 0.2) is 36.5 Å². The molecule has 334 valence electrons. The Hall–Kier alpha value is -1.70. The van der Waals surface area contributed by atoms with E-state index in [1.807, 2.05) is 24.3 Å². The summed E-state index contributed by atoms with van der Waals surface area (Å²) < 4.78 is 47.7. The van der Waals surface area contributed by atoms with E-state index in [0.717, 1.165) is 70.1 Å². The fourth-order valence-electron chi connectivity index (χ4n) is 5.54. The molecule has 5 atom stereocenters. The van der Waals surface area contributed by atoms with Crippen molar-refractivity contribution in [1.29, 1.82) is 0 Å². The van der Waals surface area contributed by atoms with Crippen molar-refractivity contribution in [3.63, 3.8) is 0 Å². The van der Waals surface area contributed by atoms with Crippen molar-refractivity contribution in [3.05, 3.63) is 36.5 Å². The highest BCUT2D eigenvalue weighted by Crippen LogP contribution is 2.43. The van der Waals surface area contributed by atoms with Crippen LogP contribution in [0, 0.1) is 5.92 Å². The number of carbonyl (C=O) groups is 2. The van der Waals surface area contributed by atoms with E-state index in [1.54, 1.807) is 6.08 Å². The van der Waals surface area contributed by atoms with Crippen LogP contribution in [0.2, 0.25) is 0 Å². The van der Waals surface area contributed by atoms with Gasteiger partial charge >= 0.3 is 27.6 Å². The summed E-state index contributed by atoms with van der Waals surface area (Å²) in [6, 6.07) is 0. The minimum Gasteiger partial charge on any atom is -0.462 e. The first-order valence-electron chi connectivity index (χ1n) is 21.2. The fraction of sp³-hybridized carbons (Fsp3) is 0.805. The molecule has 0 aromatic heterocycles. The highest BCUT2D eigenvalue weighted by Gasteiger charge is 2.28. The largest absolute Gasteiger partial charge is 0.472 e. The molecule has 3 unspecified atom stereocenters. The van der Waals surface area contributed by atoms with Crippen LogP contribution < -0.4 is 0 Å². The topological polar surface area (TPSA) is 216 Å². The maximum absolute atomic E-state index is 12.6. The molecule has 0 aromatic rings. The molecule has 16 heteroatoms. The molecule has 0 rings (SSSR count). The molecule has 0 aliphatic carbocycles. The summed E-state index contributed by atoms with van der Waals surface area (Å²) in [6.45, 7) is 3.83. The van der Waals surface area contributed by atoms with Crippen molar-refractivity contribution in [2.24, 2.45) is 5.92 Å². The summed E-state index contributed by atoms with van der Waals surface area (Å²) in [6.07, 6.45) is 29.0. The van der Waals surface area contributed by atoms with E-state index >= 15 is 0 Å². The van der Waals surface area contributed by atoms with Gasteiger partial charge in [0, 0.05) is 12.8 Å². The minimum atomic E-state index is -4.87. The molecule has 5 N–H and O–H groups in total. The molecule has 0 fully saturated rings. The van der Waals surface area contributed by atoms with Crippen LogP contribution in [0.3, 0.4) is 0 Å². The highest BCUT2D eigenvalue weighted by atomic mass is 31.2. The van der Waals surface area contributed by atoms with Gasteiger partial charge in [-0.3, -0.25) is 23.2 Å². The number of hydrogen-bond donors (Lipinski definition) is 5. The predicted molar refractivity (Wildman–Crippen MR) is 222 cm³/mol. The van der Waals surface area contributed by atoms with Crippen molar-refractivity contribution < 1.29 is 66.7 Å². The van der Waals surface area contributed by atoms with Crippen LogP contribution in [0.1, 0.15) is 162 Å². The number of hydrogen-bond acceptors (Lipinski definition) is 11. The molecule has 57 heavy (non-hydrogen) atoms. The van der Waals surface area contributed by atoms with Crippen LogP contribution >= 0.6 is 15.6 Å². The second-order valence-electron chi connectivity index (χ2n) is 14.7. The van der Waals surface area contributed by atoms with Crippen LogP contribution in [0.5, 0.6) is 0 Å². The molecule has 0 spiro atoms. The van der Waals surface area contributed by atoms with Gasteiger partial charge in [0.05, 0.1) is 25.9 Å². The Morgan fingerprint density at radius 3 is 1.77 bits per heavy atom. The Morgan fingerprint density at radius 2 is 1.18 bits per heavy atom. The normalized spacial score (nSPS) is 15.6. The zero-order chi connectivity index (χ0) is 42.6. The van der Waals surface area contributed by atoms with Gasteiger partial charge in [-0.25, -0.2) is 9.13 Å². The fourth-order valence-corrected chi connectivity index (χ4v) is 6.69. The lowest BCUT2D eigenvalue weighted by molar-refractivity contribution is -0.161. The lowest BCUT2D eigenvalue weighted by Crippen LogP contribution is -2.30. The minimum absolute atomic E-state index is 0.117. The Balaban J connectivity index is 4.60. The van der Waals surface area contributed by atoms with E-state index in [1.165, 1.54) is 44.9 Å². The molecule has 14 nitrogen and oxygen atoms in total. The third-order valence-electron chi connectivity index (χ3n) is 9.15. The number of rotatable bonds is 39. The number of carbonyl (C=O) groups excluding carboxylic acids is 2. The molecule has 0 aliphatic rings. The molecule has 0 radical (unpaired) electrons. The summed E-state index contributed by atoms with van der Waals surface area (Å²) >= 11 is 0. The van der Waals surface area contributed by atoms with E-state index < -0.39 is 72.3 Å². The van der Waals surface area contributed by atoms with E-state index in [9.17, 15) is 33.8 Å². The monoisotopic (exact) mass is 854 g/mol. The van der Waals surface area contributed by atoms with E-state index in [0.29, 0.717) is 19.3 Å². The Morgan fingerprint density at radius 1 is 0.632 bits per heavy atom. The van der Waals surface area contributed by atoms with Crippen molar-refractivity contribution in [2.45, 2.75) is 180 Å². The van der Waals surface area contributed by atoms with E-state index in [-0.39, 0.29) is 12.8 Å². The summed E-state index contributed by atoms with van der Waals surface area (Å²) in [5, 5.41) is 19.6. The molecule has 0 saturated heterocycles. The lowest BCUT2D eigenvalue weighted by atomic mass is 9.99. The first-order valence-corrected chi connectivity index (χ1v) is 24.2. The first-order chi connectivity index (χ1) is 27.2. The predicted octanol–water partition coefficient (Wildman–Crippen LogP) is 9.33. The van der Waals surface area contributed by atoms with Crippen LogP contribution in [0.25, 0.3) is 0 Å². The summed E-state index contributed by atoms with van der Waals surface area (Å²) in [5.74, 6) is -0.270. The zero-order valence-corrected chi connectivity index (χ0v) is 36.8. The van der Waals surface area contributed by atoms with Crippen molar-refractivity contribution >= 4 is 27.6 Å². The van der Waals surface area contributed by atoms with Gasteiger partial charge in [0.25, 0.3) is 0 Å². The maximum Gasteiger partial charge on any atom is 0.472 e. The number of phosphoric ester groups is 2. The summed E-state index contributed by atoms with van der Waals surface area (Å²) in [5.41, 5.74) is 0. The van der Waals surface area contributed by atoms with Gasteiger partial charge in [-0.15, -0.1) is 0 Å². The third kappa shape index (κ3) is 39.5. The van der Waals surface area contributed by atoms with Crippen LogP contribution in [-0.4, -0.2) is 81.6 Å². The number of aliphatic hydroxyl groups is 2. The average Bonchev–Trinajstić information content (AvgIpc) is 3.16. The van der Waals surface area contributed by atoms with Gasteiger partial charge in [-0.1, -0.05) is 147 Å². The zero-order valence-electron chi connectivity index (χ0n) is 35.0. The molecule has 0 heterocycles. The Kier molecular flexibility index (Phi) is 35.1. The Labute approximate surface area is 342 Å². The average molecular weight is 855 g/mol. The van der Waals surface area contributed by atoms with E-state index in [2.05, 4.69) is 35.9 Å². The molecule has 0 bridgehead atoms. The molecular formula is C41H76O14P2. The summed E-state index contributed by atoms with van der Waals surface area (Å²) in [7, 11) is -9.69. The van der Waals surface area contributed by atoms with Gasteiger partial charge in [-0.2, -0.15) is 0 Å². The van der Waals surface area contributed by atoms with Crippen LogP contribution in [0.4, 0.5) is 0 Å². The van der Waals surface area contributed by atoms with Crippen molar-refractivity contribution in [3.8, 4) is 0 Å². The highest BCUT2D eigenvalue weighted by molar-refractivity contribution is 7.47. The third-order valence-corrected chi connectivity index (χ3v) is 10.6. The van der Waals surface area contributed by atoms with E-state index in [4.69, 9.17) is 23.8 Å².